The second-order valence-corrected chi connectivity index (χ2v) is 9.98. The molecule has 0 radical (unpaired) electrons. The van der Waals surface area contributed by atoms with Crippen molar-refractivity contribution in [1.29, 1.82) is 0 Å². The van der Waals surface area contributed by atoms with E-state index >= 15 is 0 Å². The highest BCUT2D eigenvalue weighted by Crippen LogP contribution is 2.27. The fourth-order valence-electron chi connectivity index (χ4n) is 3.04. The van der Waals surface area contributed by atoms with E-state index in [2.05, 4.69) is 25.9 Å². The van der Waals surface area contributed by atoms with Crippen molar-refractivity contribution in [3.8, 4) is 0 Å². The summed E-state index contributed by atoms with van der Waals surface area (Å²) in [4.78, 5) is 33.1. The lowest BCUT2D eigenvalue weighted by atomic mass is 10.1. The van der Waals surface area contributed by atoms with Crippen LogP contribution < -0.4 is 5.56 Å². The van der Waals surface area contributed by atoms with Crippen LogP contribution in [0.25, 0.3) is 10.9 Å². The molecule has 9 heteroatoms. The number of likely N-dealkylation sites (tertiary alicyclic amines) is 1. The minimum atomic E-state index is -0.591. The number of thioether (sulfide) groups is 1. The number of nitrogens with one attached hydrogen (secondary N) is 1. The number of aromatic nitrogens is 2. The Morgan fingerprint density at radius 2 is 2.07 bits per heavy atom. The van der Waals surface area contributed by atoms with Crippen LogP contribution in [0.4, 0.5) is 9.18 Å². The van der Waals surface area contributed by atoms with Crippen LogP contribution in [0.2, 0.25) is 0 Å². The fraction of sp³-hybridized carbons (Fsp3) is 0.526. The molecule has 2 aromatic rings. The molecule has 28 heavy (non-hydrogen) atoms. The Labute approximate surface area is 175 Å². The lowest BCUT2D eigenvalue weighted by Crippen LogP contribution is -2.42. The predicted molar refractivity (Wildman–Crippen MR) is 112 cm³/mol. The predicted octanol–water partition coefficient (Wildman–Crippen LogP) is 4.46. The first-order valence-corrected chi connectivity index (χ1v) is 10.9. The third kappa shape index (κ3) is 5.26. The van der Waals surface area contributed by atoms with Crippen molar-refractivity contribution in [2.45, 2.75) is 50.2 Å². The highest BCUT2D eigenvalue weighted by Gasteiger charge is 2.27. The number of ether oxygens (including phenoxy) is 1. The van der Waals surface area contributed by atoms with Gasteiger partial charge in [-0.3, -0.25) is 4.79 Å². The van der Waals surface area contributed by atoms with E-state index in [0.29, 0.717) is 39.9 Å². The van der Waals surface area contributed by atoms with Crippen molar-refractivity contribution in [2.24, 2.45) is 0 Å². The van der Waals surface area contributed by atoms with Gasteiger partial charge in [0.2, 0.25) is 0 Å². The monoisotopic (exact) mass is 471 g/mol. The van der Waals surface area contributed by atoms with Crippen molar-refractivity contribution in [3.63, 3.8) is 0 Å². The molecular formula is C19H23BrFN3O3S. The summed E-state index contributed by atoms with van der Waals surface area (Å²) in [6.45, 7) is 6.86. The van der Waals surface area contributed by atoms with E-state index < -0.39 is 17.0 Å². The van der Waals surface area contributed by atoms with Gasteiger partial charge in [-0.2, -0.15) is 11.8 Å². The number of benzene rings is 1. The summed E-state index contributed by atoms with van der Waals surface area (Å²) < 4.78 is 19.9. The quantitative estimate of drug-likeness (QED) is 0.714. The number of aromatic amines is 1. The number of carbonyl (C=O) groups excluding carboxylic acids is 1. The van der Waals surface area contributed by atoms with Gasteiger partial charge in [0, 0.05) is 22.8 Å². The summed E-state index contributed by atoms with van der Waals surface area (Å²) in [7, 11) is 0. The molecule has 0 bridgehead atoms. The minimum Gasteiger partial charge on any atom is -0.444 e. The van der Waals surface area contributed by atoms with Crippen molar-refractivity contribution in [2.75, 3.05) is 13.1 Å². The van der Waals surface area contributed by atoms with Gasteiger partial charge in [-0.05, 0) is 45.7 Å². The van der Waals surface area contributed by atoms with Gasteiger partial charge in [0.25, 0.3) is 5.56 Å². The molecule has 2 heterocycles. The molecule has 6 nitrogen and oxygen atoms in total. The Bertz CT molecular complexity index is 936. The molecule has 1 fully saturated rings. The maximum Gasteiger partial charge on any atom is 0.410 e. The highest BCUT2D eigenvalue weighted by molar-refractivity contribution is 9.10. The van der Waals surface area contributed by atoms with E-state index in [1.807, 2.05) is 20.8 Å². The summed E-state index contributed by atoms with van der Waals surface area (Å²) in [6, 6.07) is 2.90. The van der Waals surface area contributed by atoms with Gasteiger partial charge < -0.3 is 14.6 Å². The molecule has 1 aliphatic heterocycles. The summed E-state index contributed by atoms with van der Waals surface area (Å²) in [5, 5.41) is 0.335. The second-order valence-electron chi connectivity index (χ2n) is 7.77. The van der Waals surface area contributed by atoms with Gasteiger partial charge in [-0.1, -0.05) is 15.9 Å². The number of hydrogen-bond acceptors (Lipinski definition) is 5. The number of piperidine rings is 1. The summed E-state index contributed by atoms with van der Waals surface area (Å²) in [6.07, 6.45) is 1.42. The normalized spacial score (nSPS) is 15.8. The average molecular weight is 472 g/mol. The van der Waals surface area contributed by atoms with Crippen molar-refractivity contribution in [1.82, 2.24) is 14.9 Å². The van der Waals surface area contributed by atoms with E-state index in [4.69, 9.17) is 4.74 Å². The Balaban J connectivity index is 1.59. The van der Waals surface area contributed by atoms with Crippen molar-refractivity contribution >= 4 is 44.7 Å². The molecule has 1 N–H and O–H groups in total. The van der Waals surface area contributed by atoms with E-state index in [0.717, 1.165) is 12.8 Å². The number of carbonyl (C=O) groups is 1. The molecule has 1 aromatic heterocycles. The van der Waals surface area contributed by atoms with E-state index in [-0.39, 0.29) is 11.5 Å². The maximum absolute atomic E-state index is 14.0. The van der Waals surface area contributed by atoms with Crippen LogP contribution in [0.1, 0.15) is 39.4 Å². The lowest BCUT2D eigenvalue weighted by Gasteiger charge is -2.33. The van der Waals surface area contributed by atoms with Crippen LogP contribution >= 0.6 is 27.7 Å². The van der Waals surface area contributed by atoms with Crippen molar-refractivity contribution < 1.29 is 13.9 Å². The van der Waals surface area contributed by atoms with Crippen molar-refractivity contribution in [3.05, 3.63) is 38.6 Å². The first-order valence-electron chi connectivity index (χ1n) is 9.10. The Kier molecular flexibility index (Phi) is 6.34. The molecule has 0 saturated carbocycles. The molecule has 1 aromatic carbocycles. The van der Waals surface area contributed by atoms with Crippen LogP contribution in [0, 0.1) is 5.82 Å². The average Bonchev–Trinajstić information content (AvgIpc) is 2.58. The smallest absolute Gasteiger partial charge is 0.410 e. The molecule has 1 amide bonds. The number of rotatable bonds is 3. The molecular weight excluding hydrogens is 449 g/mol. The summed E-state index contributed by atoms with van der Waals surface area (Å²) in [5.41, 5.74) is -0.624. The van der Waals surface area contributed by atoms with E-state index in [1.165, 1.54) is 6.07 Å². The van der Waals surface area contributed by atoms with Crippen LogP contribution in [-0.2, 0) is 10.5 Å². The third-order valence-electron chi connectivity index (χ3n) is 4.32. The van der Waals surface area contributed by atoms with Gasteiger partial charge in [0.15, 0.2) is 0 Å². The molecule has 0 atom stereocenters. The number of fused-ring (bicyclic) bond motifs is 1. The minimum absolute atomic E-state index is 0.0254. The van der Waals surface area contributed by atoms with Crippen LogP contribution in [0.3, 0.4) is 0 Å². The summed E-state index contributed by atoms with van der Waals surface area (Å²) >= 11 is 4.92. The standard InChI is InChI=1S/C19H23BrFN3O3S/c1-19(2,3)27-18(26)24-6-4-12(5-7-24)28-10-15-22-14-9-11(20)8-13(21)16(14)17(25)23-15/h8-9,12H,4-7,10H2,1-3H3,(H,22,23,25). The zero-order valence-electron chi connectivity index (χ0n) is 16.1. The Morgan fingerprint density at radius 1 is 1.39 bits per heavy atom. The fourth-order valence-corrected chi connectivity index (χ4v) is 4.53. The van der Waals surface area contributed by atoms with Crippen LogP contribution in [0.15, 0.2) is 21.4 Å². The maximum atomic E-state index is 14.0. The van der Waals surface area contributed by atoms with Gasteiger partial charge in [0.05, 0.1) is 11.3 Å². The van der Waals surface area contributed by atoms with Crippen LogP contribution in [0.5, 0.6) is 0 Å². The molecule has 3 rings (SSSR count). The number of nitrogens with zero attached hydrogens (tertiary/aromatic N) is 2. The molecule has 0 aliphatic carbocycles. The zero-order valence-corrected chi connectivity index (χ0v) is 18.5. The highest BCUT2D eigenvalue weighted by atomic mass is 79.9. The SMILES string of the molecule is CC(C)(C)OC(=O)N1CCC(SCc2nc3cc(Br)cc(F)c3c(=O)[nH]2)CC1. The largest absolute Gasteiger partial charge is 0.444 e. The Hall–Kier alpha value is -1.61. The Morgan fingerprint density at radius 3 is 2.71 bits per heavy atom. The first-order chi connectivity index (χ1) is 13.1. The van der Waals surface area contributed by atoms with Gasteiger partial charge in [-0.25, -0.2) is 14.2 Å². The first kappa shape index (κ1) is 21.1. The molecule has 0 unspecified atom stereocenters. The molecule has 1 saturated heterocycles. The third-order valence-corrected chi connectivity index (χ3v) is 6.16. The molecule has 152 valence electrons. The second kappa shape index (κ2) is 8.41. The van der Waals surface area contributed by atoms with E-state index in [9.17, 15) is 14.0 Å². The lowest BCUT2D eigenvalue weighted by molar-refractivity contribution is 0.0219. The van der Waals surface area contributed by atoms with Gasteiger partial charge >= 0.3 is 6.09 Å². The van der Waals surface area contributed by atoms with Crippen LogP contribution in [-0.4, -0.2) is 44.9 Å². The molecule has 1 aliphatic rings. The number of hydrogen-bond donors (Lipinski definition) is 1. The number of halogens is 2. The molecule has 0 spiro atoms. The van der Waals surface area contributed by atoms with Gasteiger partial charge in [-0.15, -0.1) is 0 Å². The number of amides is 1. The summed E-state index contributed by atoms with van der Waals surface area (Å²) in [5.74, 6) is 0.456. The van der Waals surface area contributed by atoms with E-state index in [1.54, 1.807) is 22.7 Å². The zero-order chi connectivity index (χ0) is 20.5. The van der Waals surface area contributed by atoms with Gasteiger partial charge in [0.1, 0.15) is 22.6 Å². The topological polar surface area (TPSA) is 75.3 Å². The number of H-pyrrole nitrogens is 1.